The van der Waals surface area contributed by atoms with Gasteiger partial charge in [-0.2, -0.15) is 0 Å². The molecule has 0 saturated carbocycles. The number of fused-ring (bicyclic) bond motifs is 1. The van der Waals surface area contributed by atoms with E-state index < -0.39 is 17.5 Å². The molecule has 0 radical (unpaired) electrons. The summed E-state index contributed by atoms with van der Waals surface area (Å²) in [4.78, 5) is 36.5. The number of carbonyl (C=O) groups excluding carboxylic acids is 3. The van der Waals surface area contributed by atoms with Gasteiger partial charge >= 0.3 is 5.97 Å². The van der Waals surface area contributed by atoms with E-state index >= 15 is 0 Å². The van der Waals surface area contributed by atoms with Crippen LogP contribution < -0.4 is 0 Å². The predicted molar refractivity (Wildman–Crippen MR) is 86.3 cm³/mol. The molecular weight excluding hydrogens is 364 g/mol. The summed E-state index contributed by atoms with van der Waals surface area (Å²) in [7, 11) is 0. The summed E-state index contributed by atoms with van der Waals surface area (Å²) >= 11 is 3.04. The Morgan fingerprint density at radius 1 is 1.17 bits per heavy atom. The standard InChI is InChI=1S/C17H11BrO5/c1-2-22-17(21)13-12-11(8-10(18)14(19)15(12)20)23-16(13)9-6-4-3-5-7-9/h3-8H,2H2,1H3. The predicted octanol–water partition coefficient (Wildman–Crippen LogP) is 3.62. The van der Waals surface area contributed by atoms with E-state index in [1.807, 2.05) is 6.07 Å². The fraction of sp³-hybridized carbons (Fsp3) is 0.118. The maximum atomic E-state index is 12.3. The second kappa shape index (κ2) is 5.96. The summed E-state index contributed by atoms with van der Waals surface area (Å²) in [6, 6.07) is 8.88. The van der Waals surface area contributed by atoms with Crippen molar-refractivity contribution in [1.82, 2.24) is 0 Å². The highest BCUT2D eigenvalue weighted by atomic mass is 79.9. The number of halogens is 1. The topological polar surface area (TPSA) is 73.6 Å². The van der Waals surface area contributed by atoms with Gasteiger partial charge in [0, 0.05) is 5.56 Å². The first kappa shape index (κ1) is 15.4. The molecule has 2 aromatic rings. The zero-order valence-electron chi connectivity index (χ0n) is 12.1. The van der Waals surface area contributed by atoms with Crippen molar-refractivity contribution < 1.29 is 23.5 Å². The number of benzene rings is 1. The maximum absolute atomic E-state index is 12.3. The Hall–Kier alpha value is -2.47. The highest BCUT2D eigenvalue weighted by Crippen LogP contribution is 2.37. The highest BCUT2D eigenvalue weighted by molar-refractivity contribution is 9.12. The minimum absolute atomic E-state index is 0.0114. The molecule has 1 aliphatic carbocycles. The largest absolute Gasteiger partial charge is 0.462 e. The Kier molecular flexibility index (Phi) is 4.00. The molecule has 0 saturated heterocycles. The monoisotopic (exact) mass is 374 g/mol. The average Bonchev–Trinajstić information content (AvgIpc) is 2.93. The number of rotatable bonds is 3. The van der Waals surface area contributed by atoms with Gasteiger partial charge in [-0.15, -0.1) is 0 Å². The third-order valence-electron chi connectivity index (χ3n) is 3.36. The molecule has 0 atom stereocenters. The lowest BCUT2D eigenvalue weighted by Crippen LogP contribution is -2.21. The van der Waals surface area contributed by atoms with E-state index in [-0.39, 0.29) is 33.7 Å². The summed E-state index contributed by atoms with van der Waals surface area (Å²) in [6.45, 7) is 1.81. The number of allylic oxidation sites excluding steroid dienone is 1. The molecule has 0 bridgehead atoms. The van der Waals surface area contributed by atoms with E-state index in [1.165, 1.54) is 6.08 Å². The van der Waals surface area contributed by atoms with Crippen molar-refractivity contribution in [2.24, 2.45) is 0 Å². The number of hydrogen-bond acceptors (Lipinski definition) is 5. The summed E-state index contributed by atoms with van der Waals surface area (Å²) in [6.07, 6.45) is 1.40. The summed E-state index contributed by atoms with van der Waals surface area (Å²) < 4.78 is 10.8. The van der Waals surface area contributed by atoms with Gasteiger partial charge in [0.25, 0.3) is 0 Å². The first-order chi connectivity index (χ1) is 11.0. The molecule has 5 nitrogen and oxygen atoms in total. The number of furan rings is 1. The summed E-state index contributed by atoms with van der Waals surface area (Å²) in [5, 5.41) is 0. The van der Waals surface area contributed by atoms with Crippen molar-refractivity contribution in [3.63, 3.8) is 0 Å². The van der Waals surface area contributed by atoms with Gasteiger partial charge in [-0.05, 0) is 28.9 Å². The van der Waals surface area contributed by atoms with Crippen molar-refractivity contribution in [2.75, 3.05) is 6.61 Å². The van der Waals surface area contributed by atoms with E-state index in [0.29, 0.717) is 5.56 Å². The number of ketones is 2. The molecule has 3 rings (SSSR count). The molecule has 0 spiro atoms. The first-order valence-electron chi connectivity index (χ1n) is 6.90. The average molecular weight is 375 g/mol. The zero-order chi connectivity index (χ0) is 16.6. The third kappa shape index (κ3) is 2.55. The molecule has 0 N–H and O–H groups in total. The van der Waals surface area contributed by atoms with Gasteiger partial charge in [-0.1, -0.05) is 30.3 Å². The quantitative estimate of drug-likeness (QED) is 0.605. The molecule has 0 amide bonds. The lowest BCUT2D eigenvalue weighted by Gasteiger charge is -2.07. The maximum Gasteiger partial charge on any atom is 0.342 e. The van der Waals surface area contributed by atoms with Crippen LogP contribution in [0.3, 0.4) is 0 Å². The van der Waals surface area contributed by atoms with Gasteiger partial charge < -0.3 is 9.15 Å². The van der Waals surface area contributed by atoms with Crippen LogP contribution in [0.2, 0.25) is 0 Å². The second-order valence-electron chi connectivity index (χ2n) is 4.78. The number of carbonyl (C=O) groups is 3. The van der Waals surface area contributed by atoms with E-state index in [1.54, 1.807) is 31.2 Å². The van der Waals surface area contributed by atoms with E-state index in [4.69, 9.17) is 9.15 Å². The van der Waals surface area contributed by atoms with Gasteiger partial charge in [0.1, 0.15) is 17.1 Å². The number of esters is 1. The second-order valence-corrected chi connectivity index (χ2v) is 5.64. The molecule has 0 fully saturated rings. The van der Waals surface area contributed by atoms with Crippen LogP contribution in [0, 0.1) is 0 Å². The smallest absolute Gasteiger partial charge is 0.342 e. The molecule has 0 unspecified atom stereocenters. The molecule has 116 valence electrons. The normalized spacial score (nSPS) is 13.6. The minimum Gasteiger partial charge on any atom is -0.462 e. The van der Waals surface area contributed by atoms with Gasteiger partial charge in [-0.25, -0.2) is 4.79 Å². The van der Waals surface area contributed by atoms with Crippen molar-refractivity contribution >= 4 is 39.5 Å². The van der Waals surface area contributed by atoms with Crippen molar-refractivity contribution in [1.29, 1.82) is 0 Å². The molecule has 1 heterocycles. The van der Waals surface area contributed by atoms with Crippen LogP contribution in [0.5, 0.6) is 0 Å². The van der Waals surface area contributed by atoms with Crippen LogP contribution >= 0.6 is 15.9 Å². The van der Waals surface area contributed by atoms with Crippen LogP contribution in [0.4, 0.5) is 0 Å². The summed E-state index contributed by atoms with van der Waals surface area (Å²) in [5.41, 5.74) is 0.563. The Bertz CT molecular complexity index is 845. The molecule has 1 aromatic heterocycles. The Morgan fingerprint density at radius 3 is 2.52 bits per heavy atom. The number of hydrogen-bond donors (Lipinski definition) is 0. The minimum atomic E-state index is -0.789. The lowest BCUT2D eigenvalue weighted by atomic mass is 9.95. The first-order valence-corrected chi connectivity index (χ1v) is 7.69. The van der Waals surface area contributed by atoms with Gasteiger partial charge in [0.05, 0.1) is 16.7 Å². The fourth-order valence-corrected chi connectivity index (χ4v) is 2.76. The number of ether oxygens (including phenoxy) is 1. The Labute approximate surface area is 140 Å². The van der Waals surface area contributed by atoms with Crippen LogP contribution in [0.15, 0.2) is 39.2 Å². The van der Waals surface area contributed by atoms with Crippen molar-refractivity contribution in [3.8, 4) is 11.3 Å². The molecular formula is C17H11BrO5. The Balaban J connectivity index is 2.29. The van der Waals surface area contributed by atoms with Crippen molar-refractivity contribution in [3.05, 3.63) is 51.7 Å². The molecule has 0 aliphatic heterocycles. The van der Waals surface area contributed by atoms with Crippen LogP contribution in [-0.2, 0) is 9.53 Å². The van der Waals surface area contributed by atoms with Crippen LogP contribution in [0.25, 0.3) is 17.4 Å². The zero-order valence-corrected chi connectivity index (χ0v) is 13.7. The number of Topliss-reactive ketones (excluding diaryl/α,β-unsaturated/α-hetero) is 2. The molecule has 1 aromatic carbocycles. The van der Waals surface area contributed by atoms with Gasteiger partial charge in [0.15, 0.2) is 0 Å². The highest BCUT2D eigenvalue weighted by Gasteiger charge is 2.37. The van der Waals surface area contributed by atoms with Crippen LogP contribution in [0.1, 0.15) is 33.4 Å². The third-order valence-corrected chi connectivity index (χ3v) is 3.95. The SMILES string of the molecule is CCOC(=O)c1c(-c2ccccc2)oc2c1C(=O)C(=O)C(Br)=C2. The van der Waals surface area contributed by atoms with Gasteiger partial charge in [0.2, 0.25) is 11.6 Å². The van der Waals surface area contributed by atoms with Crippen LogP contribution in [-0.4, -0.2) is 24.1 Å². The van der Waals surface area contributed by atoms with Gasteiger partial charge in [-0.3, -0.25) is 9.59 Å². The van der Waals surface area contributed by atoms with Crippen molar-refractivity contribution in [2.45, 2.75) is 6.92 Å². The Morgan fingerprint density at radius 2 is 1.87 bits per heavy atom. The van der Waals surface area contributed by atoms with E-state index in [9.17, 15) is 14.4 Å². The lowest BCUT2D eigenvalue weighted by molar-refractivity contribution is -0.111. The molecule has 6 heteroatoms. The van der Waals surface area contributed by atoms with E-state index in [0.717, 1.165) is 0 Å². The summed E-state index contributed by atoms with van der Waals surface area (Å²) in [5.74, 6) is -1.81. The molecule has 1 aliphatic rings. The molecule has 23 heavy (non-hydrogen) atoms. The van der Waals surface area contributed by atoms with E-state index in [2.05, 4.69) is 15.9 Å². The fourth-order valence-electron chi connectivity index (χ4n) is 2.37.